The van der Waals surface area contributed by atoms with Crippen LogP contribution in [0.2, 0.25) is 0 Å². The highest BCUT2D eigenvalue weighted by molar-refractivity contribution is 8.13. The van der Waals surface area contributed by atoms with Gasteiger partial charge in [0.15, 0.2) is 0 Å². The molecule has 1 aromatic rings. The average Bonchev–Trinajstić information content (AvgIpc) is 2.52. The molecule has 0 saturated heterocycles. The lowest BCUT2D eigenvalue weighted by Crippen LogP contribution is -2.21. The van der Waals surface area contributed by atoms with Gasteiger partial charge < -0.3 is 4.90 Å². The van der Waals surface area contributed by atoms with Crippen LogP contribution in [-0.4, -0.2) is 27.1 Å². The number of aryl methyl sites for hydroxylation is 1. The van der Waals surface area contributed by atoms with Crippen LogP contribution in [0.3, 0.4) is 0 Å². The van der Waals surface area contributed by atoms with Crippen LogP contribution in [0.1, 0.15) is 11.1 Å². The van der Waals surface area contributed by atoms with Gasteiger partial charge in [-0.25, -0.2) is 8.42 Å². The third-order valence-electron chi connectivity index (χ3n) is 2.87. The second-order valence-electron chi connectivity index (χ2n) is 4.05. The molecule has 6 heteroatoms. The zero-order valence-corrected chi connectivity index (χ0v) is 10.9. The molecular formula is C11H12ClNO3S. The van der Waals surface area contributed by atoms with E-state index in [-0.39, 0.29) is 11.7 Å². The Kier molecular flexibility index (Phi) is 3.14. The number of benzene rings is 1. The number of hydrogen-bond acceptors (Lipinski definition) is 3. The molecule has 0 N–H and O–H groups in total. The number of likely N-dealkylation sites (N-methyl/N-ethyl adjacent to an activating group) is 1. The van der Waals surface area contributed by atoms with E-state index in [1.165, 1.54) is 0 Å². The summed E-state index contributed by atoms with van der Waals surface area (Å²) in [6, 6.07) is 5.55. The molecule has 0 aromatic heterocycles. The second kappa shape index (κ2) is 4.31. The van der Waals surface area contributed by atoms with Crippen molar-refractivity contribution in [3.8, 4) is 0 Å². The van der Waals surface area contributed by atoms with Gasteiger partial charge in [0.2, 0.25) is 15.0 Å². The fraction of sp³-hybridized carbons (Fsp3) is 0.364. The van der Waals surface area contributed by atoms with Gasteiger partial charge in [-0.3, -0.25) is 4.79 Å². The number of carbonyl (C=O) groups excluding carboxylic acids is 1. The molecule has 0 spiro atoms. The van der Waals surface area contributed by atoms with E-state index in [2.05, 4.69) is 0 Å². The first-order valence-electron chi connectivity index (χ1n) is 5.18. The maximum absolute atomic E-state index is 11.6. The zero-order valence-electron chi connectivity index (χ0n) is 9.31. The third-order valence-corrected chi connectivity index (χ3v) is 4.02. The SMILES string of the molecule is CN1C(=O)Cc2cccc(CCS(=O)(=O)Cl)c21. The van der Waals surface area contributed by atoms with Crippen LogP contribution >= 0.6 is 10.7 Å². The summed E-state index contributed by atoms with van der Waals surface area (Å²) in [7, 11) is 3.39. The summed E-state index contributed by atoms with van der Waals surface area (Å²) in [6.45, 7) is 0. The standard InChI is InChI=1S/C11H12ClNO3S/c1-13-10(14)7-9-4-2-3-8(11(9)13)5-6-17(12,15)16/h2-4H,5-7H2,1H3. The number of fused-ring (bicyclic) bond motifs is 1. The molecule has 1 aliphatic heterocycles. The third kappa shape index (κ3) is 2.61. The molecular weight excluding hydrogens is 262 g/mol. The summed E-state index contributed by atoms with van der Waals surface area (Å²) < 4.78 is 21.9. The number of anilines is 1. The lowest BCUT2D eigenvalue weighted by atomic mass is 10.1. The van der Waals surface area contributed by atoms with Crippen LogP contribution in [-0.2, 0) is 26.7 Å². The van der Waals surface area contributed by atoms with Crippen molar-refractivity contribution in [2.45, 2.75) is 12.8 Å². The predicted octanol–water partition coefficient (Wildman–Crippen LogP) is 1.32. The molecule has 0 bridgehead atoms. The van der Waals surface area contributed by atoms with Gasteiger partial charge >= 0.3 is 0 Å². The molecule has 0 saturated carbocycles. The van der Waals surface area contributed by atoms with Crippen LogP contribution < -0.4 is 4.90 Å². The van der Waals surface area contributed by atoms with Crippen molar-refractivity contribution in [2.24, 2.45) is 0 Å². The first-order chi connectivity index (χ1) is 7.88. The molecule has 1 aliphatic rings. The van der Waals surface area contributed by atoms with Gasteiger partial charge in [0.25, 0.3) is 0 Å². The minimum absolute atomic E-state index is 0.0289. The van der Waals surface area contributed by atoms with Gasteiger partial charge in [-0.2, -0.15) is 0 Å². The van der Waals surface area contributed by atoms with Crippen LogP contribution in [0.15, 0.2) is 18.2 Å². The van der Waals surface area contributed by atoms with E-state index in [9.17, 15) is 13.2 Å². The minimum Gasteiger partial charge on any atom is -0.315 e. The van der Waals surface area contributed by atoms with Crippen LogP contribution in [0.25, 0.3) is 0 Å². The lowest BCUT2D eigenvalue weighted by Gasteiger charge is -2.14. The Hall–Kier alpha value is -1.07. The number of halogens is 1. The smallest absolute Gasteiger partial charge is 0.232 e. The highest BCUT2D eigenvalue weighted by Gasteiger charge is 2.26. The van der Waals surface area contributed by atoms with Gasteiger partial charge in [0.05, 0.1) is 17.9 Å². The summed E-state index contributed by atoms with van der Waals surface area (Å²) in [5, 5.41) is 0. The van der Waals surface area contributed by atoms with Gasteiger partial charge in [-0.05, 0) is 17.5 Å². The van der Waals surface area contributed by atoms with Crippen LogP contribution in [0.4, 0.5) is 5.69 Å². The van der Waals surface area contributed by atoms with E-state index in [1.807, 2.05) is 18.2 Å². The Balaban J connectivity index is 2.32. The molecule has 0 radical (unpaired) electrons. The van der Waals surface area contributed by atoms with E-state index in [0.29, 0.717) is 12.8 Å². The monoisotopic (exact) mass is 273 g/mol. The molecule has 1 heterocycles. The number of amides is 1. The normalized spacial score (nSPS) is 15.2. The summed E-state index contributed by atoms with van der Waals surface area (Å²) >= 11 is 0. The molecule has 17 heavy (non-hydrogen) atoms. The zero-order chi connectivity index (χ0) is 12.6. The topological polar surface area (TPSA) is 54.5 Å². The lowest BCUT2D eigenvalue weighted by molar-refractivity contribution is -0.117. The number of hydrogen-bond donors (Lipinski definition) is 0. The van der Waals surface area contributed by atoms with Crippen molar-refractivity contribution >= 4 is 31.3 Å². The molecule has 0 aliphatic carbocycles. The first-order valence-corrected chi connectivity index (χ1v) is 7.66. The van der Waals surface area contributed by atoms with Crippen LogP contribution in [0.5, 0.6) is 0 Å². The van der Waals surface area contributed by atoms with Gasteiger partial charge in [0.1, 0.15) is 0 Å². The van der Waals surface area contributed by atoms with Crippen molar-refractivity contribution in [2.75, 3.05) is 17.7 Å². The van der Waals surface area contributed by atoms with E-state index in [1.54, 1.807) is 11.9 Å². The molecule has 0 fully saturated rings. The van der Waals surface area contributed by atoms with Crippen molar-refractivity contribution in [1.82, 2.24) is 0 Å². The number of para-hydroxylation sites is 1. The molecule has 1 amide bonds. The van der Waals surface area contributed by atoms with Crippen LogP contribution in [0, 0.1) is 0 Å². The minimum atomic E-state index is -3.50. The first kappa shape index (κ1) is 12.4. The van der Waals surface area contributed by atoms with E-state index >= 15 is 0 Å². The fourth-order valence-corrected chi connectivity index (χ4v) is 2.75. The van der Waals surface area contributed by atoms with Gasteiger partial charge in [-0.1, -0.05) is 18.2 Å². The largest absolute Gasteiger partial charge is 0.315 e. The maximum Gasteiger partial charge on any atom is 0.232 e. The van der Waals surface area contributed by atoms with Crippen molar-refractivity contribution in [3.05, 3.63) is 29.3 Å². The number of rotatable bonds is 3. The van der Waals surface area contributed by atoms with Gasteiger partial charge in [0, 0.05) is 17.7 Å². The predicted molar refractivity (Wildman–Crippen MR) is 66.9 cm³/mol. The van der Waals surface area contributed by atoms with E-state index < -0.39 is 9.05 Å². The summed E-state index contributed by atoms with van der Waals surface area (Å²) in [4.78, 5) is 13.1. The Bertz CT molecular complexity index is 568. The summed E-state index contributed by atoms with van der Waals surface area (Å²) in [5.41, 5.74) is 2.62. The number of nitrogens with zero attached hydrogens (tertiary/aromatic N) is 1. The molecule has 92 valence electrons. The Morgan fingerprint density at radius 3 is 2.76 bits per heavy atom. The summed E-state index contributed by atoms with van der Waals surface area (Å²) in [5.74, 6) is -0.0891. The Labute approximate surface area is 105 Å². The quantitative estimate of drug-likeness (QED) is 0.781. The number of carbonyl (C=O) groups is 1. The highest BCUT2D eigenvalue weighted by atomic mass is 35.7. The van der Waals surface area contributed by atoms with E-state index in [0.717, 1.165) is 16.8 Å². The second-order valence-corrected chi connectivity index (χ2v) is 6.94. The van der Waals surface area contributed by atoms with Crippen molar-refractivity contribution in [3.63, 3.8) is 0 Å². The Morgan fingerprint density at radius 1 is 1.41 bits per heavy atom. The summed E-state index contributed by atoms with van der Waals surface area (Å²) in [6.07, 6.45) is 0.708. The van der Waals surface area contributed by atoms with Crippen molar-refractivity contribution in [1.29, 1.82) is 0 Å². The van der Waals surface area contributed by atoms with Gasteiger partial charge in [-0.15, -0.1) is 0 Å². The molecule has 0 atom stereocenters. The highest BCUT2D eigenvalue weighted by Crippen LogP contribution is 2.31. The maximum atomic E-state index is 11.6. The molecule has 2 rings (SSSR count). The molecule has 0 unspecified atom stereocenters. The molecule has 1 aromatic carbocycles. The van der Waals surface area contributed by atoms with Crippen molar-refractivity contribution < 1.29 is 13.2 Å². The fourth-order valence-electron chi connectivity index (χ4n) is 2.06. The average molecular weight is 274 g/mol. The van der Waals surface area contributed by atoms with E-state index in [4.69, 9.17) is 10.7 Å². The molecule has 4 nitrogen and oxygen atoms in total. The Morgan fingerprint density at radius 2 is 2.12 bits per heavy atom.